The summed E-state index contributed by atoms with van der Waals surface area (Å²) in [5, 5.41) is 0.703. The van der Waals surface area contributed by atoms with Crippen molar-refractivity contribution in [2.24, 2.45) is 11.7 Å². The Hall–Kier alpha value is -0.430. The zero-order valence-electron chi connectivity index (χ0n) is 5.39. The summed E-state index contributed by atoms with van der Waals surface area (Å²) in [7, 11) is 0. The summed E-state index contributed by atoms with van der Waals surface area (Å²) in [4.78, 5) is 0. The van der Waals surface area contributed by atoms with Gasteiger partial charge in [-0.3, -0.25) is 0 Å². The summed E-state index contributed by atoms with van der Waals surface area (Å²) in [5.41, 5.74) is 6.22. The molecule has 1 unspecified atom stereocenters. The Morgan fingerprint density at radius 3 is 2.89 bits per heavy atom. The van der Waals surface area contributed by atoms with Crippen molar-refractivity contribution < 1.29 is 0 Å². The van der Waals surface area contributed by atoms with Crippen LogP contribution in [-0.4, -0.2) is 0 Å². The Balaban J connectivity index is 2.75. The Bertz CT molecular complexity index is 170. The van der Waals surface area contributed by atoms with Gasteiger partial charge < -0.3 is 5.73 Å². The SMILES string of the molecule is CC1C=C(Cl)C(N)=CC1. The lowest BCUT2D eigenvalue weighted by Crippen LogP contribution is -2.04. The molecule has 2 heteroatoms. The average Bonchev–Trinajstić information content (AvgIpc) is 1.80. The Kier molecular flexibility index (Phi) is 1.81. The number of rotatable bonds is 0. The maximum Gasteiger partial charge on any atom is 0.0595 e. The van der Waals surface area contributed by atoms with E-state index in [-0.39, 0.29) is 0 Å². The van der Waals surface area contributed by atoms with Crippen LogP contribution in [0.5, 0.6) is 0 Å². The van der Waals surface area contributed by atoms with Gasteiger partial charge in [0.15, 0.2) is 0 Å². The lowest BCUT2D eigenvalue weighted by Gasteiger charge is -2.10. The van der Waals surface area contributed by atoms with Crippen LogP contribution in [0.2, 0.25) is 0 Å². The summed E-state index contributed by atoms with van der Waals surface area (Å²) < 4.78 is 0. The van der Waals surface area contributed by atoms with Crippen LogP contribution in [0.1, 0.15) is 13.3 Å². The summed E-state index contributed by atoms with van der Waals surface area (Å²) in [6, 6.07) is 0. The summed E-state index contributed by atoms with van der Waals surface area (Å²) >= 11 is 5.73. The van der Waals surface area contributed by atoms with Crippen molar-refractivity contribution in [1.82, 2.24) is 0 Å². The number of hydrogen-bond acceptors (Lipinski definition) is 1. The number of nitrogens with two attached hydrogens (primary N) is 1. The van der Waals surface area contributed by atoms with E-state index in [9.17, 15) is 0 Å². The molecule has 0 spiro atoms. The van der Waals surface area contributed by atoms with Crippen LogP contribution >= 0.6 is 11.6 Å². The van der Waals surface area contributed by atoms with Gasteiger partial charge in [-0.05, 0) is 12.3 Å². The van der Waals surface area contributed by atoms with E-state index >= 15 is 0 Å². The molecule has 1 atom stereocenters. The molecule has 0 amide bonds. The normalized spacial score (nSPS) is 27.1. The Morgan fingerprint density at radius 1 is 1.78 bits per heavy atom. The number of allylic oxidation sites excluding steroid dienone is 3. The van der Waals surface area contributed by atoms with E-state index < -0.39 is 0 Å². The second-order valence-corrected chi connectivity index (χ2v) is 2.79. The fourth-order valence-corrected chi connectivity index (χ4v) is 1.12. The van der Waals surface area contributed by atoms with Gasteiger partial charge >= 0.3 is 0 Å². The molecule has 9 heavy (non-hydrogen) atoms. The monoisotopic (exact) mass is 143 g/mol. The molecule has 0 aromatic rings. The highest BCUT2D eigenvalue weighted by Crippen LogP contribution is 2.21. The molecule has 1 rings (SSSR count). The first kappa shape index (κ1) is 6.69. The zero-order chi connectivity index (χ0) is 6.85. The predicted molar refractivity (Wildman–Crippen MR) is 40.0 cm³/mol. The molecule has 2 N–H and O–H groups in total. The van der Waals surface area contributed by atoms with Crippen LogP contribution < -0.4 is 5.73 Å². The molecule has 0 aromatic carbocycles. The molecule has 1 aliphatic rings. The van der Waals surface area contributed by atoms with Crippen molar-refractivity contribution in [3.05, 3.63) is 22.9 Å². The van der Waals surface area contributed by atoms with Gasteiger partial charge in [0.25, 0.3) is 0 Å². The minimum atomic E-state index is 0.546. The third kappa shape index (κ3) is 1.49. The molecule has 0 aliphatic heterocycles. The van der Waals surface area contributed by atoms with E-state index in [1.54, 1.807) is 0 Å². The molecular formula is C7H10ClN. The fraction of sp³-hybridized carbons (Fsp3) is 0.429. The van der Waals surface area contributed by atoms with Crippen LogP contribution in [0.15, 0.2) is 22.9 Å². The zero-order valence-corrected chi connectivity index (χ0v) is 6.15. The van der Waals surface area contributed by atoms with Gasteiger partial charge in [-0.2, -0.15) is 0 Å². The quantitative estimate of drug-likeness (QED) is 0.552. The predicted octanol–water partition coefficient (Wildman–Crippen LogP) is 1.99. The van der Waals surface area contributed by atoms with Gasteiger partial charge in [-0.15, -0.1) is 0 Å². The number of halogens is 1. The lowest BCUT2D eigenvalue weighted by molar-refractivity contribution is 0.727. The van der Waals surface area contributed by atoms with Crippen LogP contribution in [-0.2, 0) is 0 Å². The van der Waals surface area contributed by atoms with E-state index in [4.69, 9.17) is 17.3 Å². The third-order valence-corrected chi connectivity index (χ3v) is 1.76. The molecule has 1 aliphatic carbocycles. The smallest absolute Gasteiger partial charge is 0.0595 e. The first-order valence-electron chi connectivity index (χ1n) is 3.03. The third-order valence-electron chi connectivity index (χ3n) is 1.42. The molecule has 0 saturated heterocycles. The molecule has 0 saturated carbocycles. The van der Waals surface area contributed by atoms with E-state index in [1.807, 2.05) is 12.2 Å². The summed E-state index contributed by atoms with van der Waals surface area (Å²) in [5.74, 6) is 0.546. The second-order valence-electron chi connectivity index (χ2n) is 2.39. The summed E-state index contributed by atoms with van der Waals surface area (Å²) in [6.07, 6.45) is 4.96. The largest absolute Gasteiger partial charge is 0.398 e. The maximum absolute atomic E-state index is 5.73. The molecule has 50 valence electrons. The highest BCUT2D eigenvalue weighted by Gasteiger charge is 2.06. The van der Waals surface area contributed by atoms with Crippen molar-refractivity contribution in [3.63, 3.8) is 0 Å². The van der Waals surface area contributed by atoms with Crippen molar-refractivity contribution in [1.29, 1.82) is 0 Å². The highest BCUT2D eigenvalue weighted by molar-refractivity contribution is 6.31. The average molecular weight is 144 g/mol. The molecule has 0 heterocycles. The summed E-state index contributed by atoms with van der Waals surface area (Å²) in [6.45, 7) is 2.12. The van der Waals surface area contributed by atoms with Gasteiger partial charge in [-0.25, -0.2) is 0 Å². The molecule has 0 aromatic heterocycles. The van der Waals surface area contributed by atoms with Gasteiger partial charge in [0.2, 0.25) is 0 Å². The first-order chi connectivity index (χ1) is 4.20. The second kappa shape index (κ2) is 2.44. The van der Waals surface area contributed by atoms with Crippen LogP contribution in [0.3, 0.4) is 0 Å². The van der Waals surface area contributed by atoms with Crippen LogP contribution in [0, 0.1) is 5.92 Å². The van der Waals surface area contributed by atoms with Crippen LogP contribution in [0.25, 0.3) is 0 Å². The van der Waals surface area contributed by atoms with Gasteiger partial charge in [0, 0.05) is 5.70 Å². The van der Waals surface area contributed by atoms with Crippen molar-refractivity contribution in [2.45, 2.75) is 13.3 Å². The Morgan fingerprint density at radius 2 is 2.44 bits per heavy atom. The fourth-order valence-electron chi connectivity index (χ4n) is 0.824. The number of hydrogen-bond donors (Lipinski definition) is 1. The van der Waals surface area contributed by atoms with E-state index in [0.717, 1.165) is 12.1 Å². The van der Waals surface area contributed by atoms with Crippen molar-refractivity contribution >= 4 is 11.6 Å². The van der Waals surface area contributed by atoms with Gasteiger partial charge in [-0.1, -0.05) is 30.7 Å². The lowest BCUT2D eigenvalue weighted by atomic mass is 10.0. The minimum Gasteiger partial charge on any atom is -0.398 e. The topological polar surface area (TPSA) is 26.0 Å². The van der Waals surface area contributed by atoms with Gasteiger partial charge in [0.05, 0.1) is 5.03 Å². The molecule has 0 bridgehead atoms. The van der Waals surface area contributed by atoms with Gasteiger partial charge in [0.1, 0.15) is 0 Å². The molecular weight excluding hydrogens is 134 g/mol. The molecule has 1 nitrogen and oxygen atoms in total. The molecule has 0 radical (unpaired) electrons. The maximum atomic E-state index is 5.73. The Labute approximate surface area is 60.2 Å². The van der Waals surface area contributed by atoms with Crippen LogP contribution in [0.4, 0.5) is 0 Å². The minimum absolute atomic E-state index is 0.546. The standard InChI is InChI=1S/C7H10ClN/c1-5-2-3-7(9)6(8)4-5/h3-5H,2,9H2,1H3. The van der Waals surface area contributed by atoms with E-state index in [2.05, 4.69) is 6.92 Å². The first-order valence-corrected chi connectivity index (χ1v) is 3.41. The highest BCUT2D eigenvalue weighted by atomic mass is 35.5. The van der Waals surface area contributed by atoms with Crippen molar-refractivity contribution in [2.75, 3.05) is 0 Å². The molecule has 0 fully saturated rings. The van der Waals surface area contributed by atoms with Crippen molar-refractivity contribution in [3.8, 4) is 0 Å². The van der Waals surface area contributed by atoms with E-state index in [0.29, 0.717) is 11.0 Å². The van der Waals surface area contributed by atoms with E-state index in [1.165, 1.54) is 0 Å².